The molecule has 0 aliphatic carbocycles. The molecule has 0 unspecified atom stereocenters. The highest BCUT2D eigenvalue weighted by atomic mass is 32.1. The maximum absolute atomic E-state index is 2.33. The molecular weight excluding hydrogens is 204 g/mol. The molecule has 0 saturated carbocycles. The predicted octanol–water partition coefficient (Wildman–Crippen LogP) is 2.05. The van der Waals surface area contributed by atoms with Crippen molar-refractivity contribution >= 4 is 46.9 Å². The first-order valence-corrected chi connectivity index (χ1v) is 6.54. The van der Waals surface area contributed by atoms with E-state index in [1.165, 1.54) is 25.4 Å². The molecule has 0 N–H and O–H groups in total. The fourth-order valence-electron chi connectivity index (χ4n) is 1.84. The van der Waals surface area contributed by atoms with Gasteiger partial charge in [-0.2, -0.15) is 0 Å². The van der Waals surface area contributed by atoms with E-state index < -0.39 is 0 Å². The second kappa shape index (κ2) is 2.94. The Hall–Kier alpha value is -1.12. The largest absolute Gasteiger partial charge is 0.135 e. The summed E-state index contributed by atoms with van der Waals surface area (Å²) in [4.78, 5) is 0. The first-order chi connectivity index (χ1) is 6.84. The number of rotatable bonds is 0. The van der Waals surface area contributed by atoms with Crippen LogP contribution in [0.25, 0.3) is 20.2 Å². The van der Waals surface area contributed by atoms with Gasteiger partial charge in [-0.3, -0.25) is 0 Å². The first-order valence-electron chi connectivity index (χ1n) is 4.72. The van der Waals surface area contributed by atoms with Crippen molar-refractivity contribution in [1.82, 2.24) is 0 Å². The van der Waals surface area contributed by atoms with Gasteiger partial charge in [-0.05, 0) is 12.1 Å². The molecule has 1 heterocycles. The van der Waals surface area contributed by atoms with Crippen LogP contribution in [-0.4, -0.2) is 10.2 Å². The van der Waals surface area contributed by atoms with E-state index in [0.717, 1.165) is 10.2 Å². The number of thiophene rings is 1. The van der Waals surface area contributed by atoms with E-state index >= 15 is 0 Å². The van der Waals surface area contributed by atoms with E-state index in [4.69, 9.17) is 0 Å². The van der Waals surface area contributed by atoms with E-state index in [2.05, 4.69) is 42.5 Å². The molecule has 14 heavy (non-hydrogen) atoms. The number of benzene rings is 2. The van der Waals surface area contributed by atoms with Crippen molar-refractivity contribution in [2.75, 3.05) is 0 Å². The molecule has 3 rings (SSSR count). The Balaban J connectivity index is 2.58. The summed E-state index contributed by atoms with van der Waals surface area (Å²) < 4.78 is 2.81. The highest BCUT2D eigenvalue weighted by Gasteiger charge is 2.02. The SMILES string of the molecule is [SiH3]c1ccc2sc3ccccc3c2c1. The molecule has 1 aromatic heterocycles. The topological polar surface area (TPSA) is 0 Å². The van der Waals surface area contributed by atoms with Crippen LogP contribution in [0.1, 0.15) is 0 Å². The van der Waals surface area contributed by atoms with E-state index in [1.807, 2.05) is 11.3 Å². The summed E-state index contributed by atoms with van der Waals surface area (Å²) in [6, 6.07) is 15.5. The Morgan fingerprint density at radius 1 is 0.857 bits per heavy atom. The standard InChI is InChI=1S/C12H10SSi/c14-8-5-6-12-10(7-8)9-3-1-2-4-11(9)13-12/h1-7H,14H3. The fraction of sp³-hybridized carbons (Fsp3) is 0. The normalized spacial score (nSPS) is 11.4. The lowest BCUT2D eigenvalue weighted by atomic mass is 10.1. The Labute approximate surface area is 89.6 Å². The van der Waals surface area contributed by atoms with Crippen molar-refractivity contribution in [2.24, 2.45) is 0 Å². The molecular formula is C12H10SSi. The molecule has 0 atom stereocenters. The lowest BCUT2D eigenvalue weighted by molar-refractivity contribution is 1.86. The zero-order valence-corrected chi connectivity index (χ0v) is 10.8. The second-order valence-corrected chi connectivity index (χ2v) is 5.84. The third-order valence-corrected chi connectivity index (χ3v) is 4.31. The van der Waals surface area contributed by atoms with Crippen LogP contribution in [0.4, 0.5) is 0 Å². The van der Waals surface area contributed by atoms with Crippen LogP contribution in [0.2, 0.25) is 0 Å². The zero-order chi connectivity index (χ0) is 9.54. The average molecular weight is 214 g/mol. The lowest BCUT2D eigenvalue weighted by Gasteiger charge is -1.93. The van der Waals surface area contributed by atoms with Crippen molar-refractivity contribution in [3.63, 3.8) is 0 Å². The molecule has 0 amide bonds. The molecule has 2 heteroatoms. The van der Waals surface area contributed by atoms with E-state index in [1.54, 1.807) is 0 Å². The minimum atomic E-state index is 1.14. The summed E-state index contributed by atoms with van der Waals surface area (Å²) in [5, 5.41) is 4.31. The molecule has 0 nitrogen and oxygen atoms in total. The molecule has 3 aromatic rings. The minimum Gasteiger partial charge on any atom is -0.135 e. The average Bonchev–Trinajstić information content (AvgIpc) is 2.56. The maximum atomic E-state index is 2.33. The summed E-state index contributed by atoms with van der Waals surface area (Å²) in [7, 11) is 1.14. The van der Waals surface area contributed by atoms with Crippen molar-refractivity contribution in [1.29, 1.82) is 0 Å². The first kappa shape index (κ1) is 8.21. The number of hydrogen-bond acceptors (Lipinski definition) is 1. The van der Waals surface area contributed by atoms with Gasteiger partial charge in [0.15, 0.2) is 0 Å². The van der Waals surface area contributed by atoms with Crippen molar-refractivity contribution < 1.29 is 0 Å². The van der Waals surface area contributed by atoms with Crippen LogP contribution in [0.3, 0.4) is 0 Å². The molecule has 0 radical (unpaired) electrons. The van der Waals surface area contributed by atoms with Crippen LogP contribution >= 0.6 is 11.3 Å². The molecule has 0 aliphatic rings. The lowest BCUT2D eigenvalue weighted by Crippen LogP contribution is -1.98. The summed E-state index contributed by atoms with van der Waals surface area (Å²) in [6.45, 7) is 0. The molecule has 0 spiro atoms. The van der Waals surface area contributed by atoms with Gasteiger partial charge in [-0.1, -0.05) is 35.5 Å². The highest BCUT2D eigenvalue weighted by Crippen LogP contribution is 2.32. The maximum Gasteiger partial charge on any atom is 0.0385 e. The van der Waals surface area contributed by atoms with Crippen LogP contribution in [-0.2, 0) is 0 Å². The monoisotopic (exact) mass is 214 g/mol. The Morgan fingerprint density at radius 2 is 1.64 bits per heavy atom. The smallest absolute Gasteiger partial charge is 0.0385 e. The van der Waals surface area contributed by atoms with Crippen molar-refractivity contribution in [2.45, 2.75) is 0 Å². The zero-order valence-electron chi connectivity index (χ0n) is 7.95. The molecule has 68 valence electrons. The van der Waals surface area contributed by atoms with Gasteiger partial charge < -0.3 is 0 Å². The predicted molar refractivity (Wildman–Crippen MR) is 68.9 cm³/mol. The second-order valence-electron chi connectivity index (χ2n) is 3.60. The van der Waals surface area contributed by atoms with Crippen molar-refractivity contribution in [3.05, 3.63) is 42.5 Å². The van der Waals surface area contributed by atoms with Gasteiger partial charge in [0.25, 0.3) is 0 Å². The van der Waals surface area contributed by atoms with E-state index in [0.29, 0.717) is 0 Å². The van der Waals surface area contributed by atoms with E-state index in [9.17, 15) is 0 Å². The van der Waals surface area contributed by atoms with Gasteiger partial charge in [0.1, 0.15) is 0 Å². The van der Waals surface area contributed by atoms with Gasteiger partial charge in [0.05, 0.1) is 0 Å². The summed E-state index contributed by atoms with van der Waals surface area (Å²) in [6.07, 6.45) is 0. The van der Waals surface area contributed by atoms with Gasteiger partial charge >= 0.3 is 0 Å². The summed E-state index contributed by atoms with van der Waals surface area (Å²) in [5.74, 6) is 0. The summed E-state index contributed by atoms with van der Waals surface area (Å²) >= 11 is 1.89. The van der Waals surface area contributed by atoms with Gasteiger partial charge in [0, 0.05) is 30.4 Å². The Morgan fingerprint density at radius 3 is 2.57 bits per heavy atom. The Kier molecular flexibility index (Phi) is 1.72. The fourth-order valence-corrected chi connectivity index (χ4v) is 3.38. The summed E-state index contributed by atoms with van der Waals surface area (Å²) in [5.41, 5.74) is 0. The molecule has 0 bridgehead atoms. The third-order valence-electron chi connectivity index (χ3n) is 2.53. The highest BCUT2D eigenvalue weighted by molar-refractivity contribution is 7.25. The van der Waals surface area contributed by atoms with Gasteiger partial charge in [0.2, 0.25) is 0 Å². The minimum absolute atomic E-state index is 1.14. The molecule has 0 aliphatic heterocycles. The van der Waals surface area contributed by atoms with Crippen LogP contribution in [0.15, 0.2) is 42.5 Å². The quantitative estimate of drug-likeness (QED) is 0.502. The third kappa shape index (κ3) is 1.11. The van der Waals surface area contributed by atoms with Crippen molar-refractivity contribution in [3.8, 4) is 0 Å². The van der Waals surface area contributed by atoms with Gasteiger partial charge in [-0.15, -0.1) is 11.3 Å². The van der Waals surface area contributed by atoms with Crippen LogP contribution in [0.5, 0.6) is 0 Å². The Bertz CT molecular complexity index is 610. The molecule has 0 saturated heterocycles. The van der Waals surface area contributed by atoms with Crippen LogP contribution < -0.4 is 5.19 Å². The molecule has 2 aromatic carbocycles. The number of fused-ring (bicyclic) bond motifs is 3. The number of hydrogen-bond donors (Lipinski definition) is 0. The van der Waals surface area contributed by atoms with E-state index in [-0.39, 0.29) is 0 Å². The van der Waals surface area contributed by atoms with Crippen LogP contribution in [0, 0.1) is 0 Å². The van der Waals surface area contributed by atoms with Gasteiger partial charge in [-0.25, -0.2) is 0 Å². The molecule has 0 fully saturated rings.